The van der Waals surface area contributed by atoms with Gasteiger partial charge in [0.1, 0.15) is 0 Å². The van der Waals surface area contributed by atoms with Crippen molar-refractivity contribution in [3.63, 3.8) is 0 Å². The topological polar surface area (TPSA) is 3.24 Å². The van der Waals surface area contributed by atoms with Crippen molar-refractivity contribution in [2.75, 3.05) is 6.54 Å². The number of rotatable bonds is 6. The molecule has 112 valence electrons. The van der Waals surface area contributed by atoms with Gasteiger partial charge in [0.2, 0.25) is 0 Å². The third kappa shape index (κ3) is 3.44. The quantitative estimate of drug-likeness (QED) is 0.704. The van der Waals surface area contributed by atoms with Gasteiger partial charge in [0, 0.05) is 12.1 Å². The van der Waals surface area contributed by atoms with Crippen LogP contribution in [0.4, 0.5) is 0 Å². The Hall–Kier alpha value is -0.820. The summed E-state index contributed by atoms with van der Waals surface area (Å²) >= 11 is 0. The van der Waals surface area contributed by atoms with Gasteiger partial charge in [0.25, 0.3) is 0 Å². The summed E-state index contributed by atoms with van der Waals surface area (Å²) in [7, 11) is 0. The Balaban J connectivity index is 2.11. The molecule has 0 bridgehead atoms. The van der Waals surface area contributed by atoms with Gasteiger partial charge in [-0.25, -0.2) is 0 Å². The summed E-state index contributed by atoms with van der Waals surface area (Å²) in [6.45, 7) is 10.5. The van der Waals surface area contributed by atoms with Gasteiger partial charge in [-0.05, 0) is 64.5 Å². The summed E-state index contributed by atoms with van der Waals surface area (Å²) in [6, 6.07) is 12.5. The normalized spacial score (nSPS) is 18.4. The van der Waals surface area contributed by atoms with E-state index in [0.29, 0.717) is 17.5 Å². The van der Waals surface area contributed by atoms with E-state index < -0.39 is 0 Å². The maximum absolute atomic E-state index is 2.64. The molecule has 0 aliphatic heterocycles. The van der Waals surface area contributed by atoms with Crippen LogP contribution in [0.15, 0.2) is 30.3 Å². The molecule has 2 rings (SSSR count). The van der Waals surface area contributed by atoms with Crippen molar-refractivity contribution in [3.05, 3.63) is 35.9 Å². The lowest BCUT2D eigenvalue weighted by Gasteiger charge is -2.36. The molecule has 0 N–H and O–H groups in total. The van der Waals surface area contributed by atoms with Crippen molar-refractivity contribution >= 4 is 0 Å². The number of nitrogens with zero attached hydrogens (tertiary/aromatic N) is 1. The molecule has 1 nitrogen and oxygen atoms in total. The SMILES string of the molecule is CC(C)N(CCC1(c2ccccc2)CCCC1)C(C)C. The smallest absolute Gasteiger partial charge is 0.00412 e. The van der Waals surface area contributed by atoms with E-state index in [4.69, 9.17) is 0 Å². The molecule has 1 aliphatic rings. The van der Waals surface area contributed by atoms with Gasteiger partial charge in [0.05, 0.1) is 0 Å². The van der Waals surface area contributed by atoms with E-state index in [1.165, 1.54) is 38.6 Å². The molecule has 0 atom stereocenters. The minimum atomic E-state index is 0.448. The van der Waals surface area contributed by atoms with E-state index in [1.807, 2.05) is 0 Å². The summed E-state index contributed by atoms with van der Waals surface area (Å²) in [6.07, 6.45) is 6.87. The van der Waals surface area contributed by atoms with Crippen LogP contribution in [0, 0.1) is 0 Å². The van der Waals surface area contributed by atoms with Crippen molar-refractivity contribution in [1.82, 2.24) is 4.90 Å². The highest BCUT2D eigenvalue weighted by molar-refractivity contribution is 5.26. The Bertz CT molecular complexity index is 379. The molecule has 1 heteroatoms. The number of hydrogen-bond donors (Lipinski definition) is 0. The van der Waals surface area contributed by atoms with Gasteiger partial charge in [-0.3, -0.25) is 4.90 Å². The lowest BCUT2D eigenvalue weighted by Crippen LogP contribution is -2.40. The molecular formula is C19H31N. The first-order valence-corrected chi connectivity index (χ1v) is 8.36. The third-order valence-electron chi connectivity index (χ3n) is 5.12. The predicted octanol–water partition coefficient (Wildman–Crippen LogP) is 5.01. The van der Waals surface area contributed by atoms with Crippen LogP contribution >= 0.6 is 0 Å². The molecule has 0 heterocycles. The first-order valence-electron chi connectivity index (χ1n) is 8.36. The van der Waals surface area contributed by atoms with E-state index in [1.54, 1.807) is 5.56 Å². The van der Waals surface area contributed by atoms with Gasteiger partial charge in [0.15, 0.2) is 0 Å². The lowest BCUT2D eigenvalue weighted by atomic mass is 9.76. The van der Waals surface area contributed by atoms with Gasteiger partial charge in [-0.2, -0.15) is 0 Å². The minimum Gasteiger partial charge on any atom is -0.299 e. The van der Waals surface area contributed by atoms with Crippen molar-refractivity contribution in [2.24, 2.45) is 0 Å². The second kappa shape index (κ2) is 6.76. The van der Waals surface area contributed by atoms with Crippen molar-refractivity contribution in [2.45, 2.75) is 77.3 Å². The zero-order chi connectivity index (χ0) is 14.6. The predicted molar refractivity (Wildman–Crippen MR) is 88.2 cm³/mol. The van der Waals surface area contributed by atoms with Crippen LogP contribution in [0.1, 0.15) is 65.4 Å². The average molecular weight is 273 g/mol. The van der Waals surface area contributed by atoms with Crippen molar-refractivity contribution in [3.8, 4) is 0 Å². The molecule has 1 aromatic rings. The van der Waals surface area contributed by atoms with Crippen LogP contribution < -0.4 is 0 Å². The van der Waals surface area contributed by atoms with Crippen molar-refractivity contribution in [1.29, 1.82) is 0 Å². The molecule has 1 saturated carbocycles. The second-order valence-electron chi connectivity index (χ2n) is 7.03. The fourth-order valence-corrected chi connectivity index (χ4v) is 3.98. The van der Waals surface area contributed by atoms with Crippen LogP contribution in [0.2, 0.25) is 0 Å². The van der Waals surface area contributed by atoms with Crippen molar-refractivity contribution < 1.29 is 0 Å². The summed E-state index contributed by atoms with van der Waals surface area (Å²) in [5.74, 6) is 0. The Labute approximate surface area is 125 Å². The molecule has 0 radical (unpaired) electrons. The second-order valence-corrected chi connectivity index (χ2v) is 7.03. The number of hydrogen-bond acceptors (Lipinski definition) is 1. The summed E-state index contributed by atoms with van der Waals surface area (Å²) in [4.78, 5) is 2.64. The fourth-order valence-electron chi connectivity index (χ4n) is 3.98. The van der Waals surface area contributed by atoms with E-state index in [9.17, 15) is 0 Å². The molecule has 0 aromatic heterocycles. The Kier molecular flexibility index (Phi) is 5.26. The largest absolute Gasteiger partial charge is 0.299 e. The molecule has 0 saturated heterocycles. The van der Waals surface area contributed by atoms with E-state index in [2.05, 4.69) is 62.9 Å². The maximum atomic E-state index is 2.64. The summed E-state index contributed by atoms with van der Waals surface area (Å²) in [5, 5.41) is 0. The van der Waals surface area contributed by atoms with E-state index >= 15 is 0 Å². The van der Waals surface area contributed by atoms with Crippen LogP contribution in [-0.4, -0.2) is 23.5 Å². The summed E-state index contributed by atoms with van der Waals surface area (Å²) in [5.41, 5.74) is 2.02. The molecular weight excluding hydrogens is 242 g/mol. The Morgan fingerprint density at radius 2 is 1.50 bits per heavy atom. The first-order chi connectivity index (χ1) is 9.55. The molecule has 1 aromatic carbocycles. The zero-order valence-electron chi connectivity index (χ0n) is 13.7. The number of benzene rings is 1. The van der Waals surface area contributed by atoms with E-state index in [-0.39, 0.29) is 0 Å². The molecule has 0 amide bonds. The molecule has 0 spiro atoms. The highest BCUT2D eigenvalue weighted by Gasteiger charge is 2.35. The standard InChI is InChI=1S/C19H31N/c1-16(2)20(17(3)4)15-14-19(12-8-9-13-19)18-10-6-5-7-11-18/h5-7,10-11,16-17H,8-9,12-15H2,1-4H3. The van der Waals surface area contributed by atoms with Crippen LogP contribution in [0.3, 0.4) is 0 Å². The first kappa shape index (κ1) is 15.6. The minimum absolute atomic E-state index is 0.448. The molecule has 20 heavy (non-hydrogen) atoms. The molecule has 0 unspecified atom stereocenters. The van der Waals surface area contributed by atoms with Gasteiger partial charge < -0.3 is 0 Å². The van der Waals surface area contributed by atoms with Gasteiger partial charge in [-0.1, -0.05) is 43.2 Å². The summed E-state index contributed by atoms with van der Waals surface area (Å²) < 4.78 is 0. The molecule has 1 aliphatic carbocycles. The third-order valence-corrected chi connectivity index (χ3v) is 5.12. The van der Waals surface area contributed by atoms with Crippen LogP contribution in [-0.2, 0) is 5.41 Å². The van der Waals surface area contributed by atoms with Crippen LogP contribution in [0.5, 0.6) is 0 Å². The zero-order valence-corrected chi connectivity index (χ0v) is 13.7. The van der Waals surface area contributed by atoms with Gasteiger partial charge >= 0.3 is 0 Å². The Morgan fingerprint density at radius 3 is 2.00 bits per heavy atom. The fraction of sp³-hybridized carbons (Fsp3) is 0.684. The highest BCUT2D eigenvalue weighted by atomic mass is 15.2. The lowest BCUT2D eigenvalue weighted by molar-refractivity contribution is 0.156. The van der Waals surface area contributed by atoms with E-state index in [0.717, 1.165) is 0 Å². The molecule has 1 fully saturated rings. The van der Waals surface area contributed by atoms with Gasteiger partial charge in [-0.15, -0.1) is 0 Å². The Morgan fingerprint density at radius 1 is 0.950 bits per heavy atom. The average Bonchev–Trinajstić information content (AvgIpc) is 2.89. The highest BCUT2D eigenvalue weighted by Crippen LogP contribution is 2.44. The monoisotopic (exact) mass is 273 g/mol. The van der Waals surface area contributed by atoms with Crippen LogP contribution in [0.25, 0.3) is 0 Å². The maximum Gasteiger partial charge on any atom is 0.00412 e.